The van der Waals surface area contributed by atoms with Gasteiger partial charge in [0.25, 0.3) is 10.9 Å². The summed E-state index contributed by atoms with van der Waals surface area (Å²) in [6.45, 7) is 0.889. The van der Waals surface area contributed by atoms with E-state index in [9.17, 15) is 19.2 Å². The van der Waals surface area contributed by atoms with E-state index in [2.05, 4.69) is 20.6 Å². The van der Waals surface area contributed by atoms with E-state index < -0.39 is 22.8 Å². The first-order valence-corrected chi connectivity index (χ1v) is 12.0. The van der Waals surface area contributed by atoms with E-state index in [1.54, 1.807) is 85.5 Å². The van der Waals surface area contributed by atoms with Gasteiger partial charge in [-0.1, -0.05) is 48.5 Å². The molecular weight excluding hydrogens is 512 g/mol. The Morgan fingerprint density at radius 2 is 0.950 bits per heavy atom. The second kappa shape index (κ2) is 14.9. The number of hydrogen-bond donors (Lipinski definition) is 4. The van der Waals surface area contributed by atoms with E-state index in [1.807, 2.05) is 24.3 Å². The van der Waals surface area contributed by atoms with Crippen molar-refractivity contribution in [3.05, 3.63) is 152 Å². The third kappa shape index (κ3) is 8.73. The van der Waals surface area contributed by atoms with Gasteiger partial charge in [0.15, 0.2) is 0 Å². The highest BCUT2D eigenvalue weighted by Crippen LogP contribution is 2.16. The fourth-order valence-electron chi connectivity index (χ4n) is 3.28. The Hall–Kier alpha value is -5.64. The molecule has 0 saturated heterocycles. The monoisotopic (exact) mass is 538 g/mol. The van der Waals surface area contributed by atoms with Crippen LogP contribution in [0.4, 0.5) is 11.4 Å². The summed E-state index contributed by atoms with van der Waals surface area (Å²) >= 11 is 0. The number of pyridine rings is 2. The summed E-state index contributed by atoms with van der Waals surface area (Å²) in [7, 11) is 0. The molecule has 10 nitrogen and oxygen atoms in total. The van der Waals surface area contributed by atoms with Gasteiger partial charge in [0.05, 0.1) is 11.1 Å². The Bertz CT molecular complexity index is 1450. The summed E-state index contributed by atoms with van der Waals surface area (Å²) in [5, 5.41) is 22.8. The van der Waals surface area contributed by atoms with Gasteiger partial charge in [0.2, 0.25) is 0 Å². The molecule has 0 atom stereocenters. The van der Waals surface area contributed by atoms with E-state index in [0.717, 1.165) is 11.1 Å². The summed E-state index contributed by atoms with van der Waals surface area (Å²) in [5.74, 6) is -1.76. The minimum atomic E-state index is -0.879. The Kier molecular flexibility index (Phi) is 10.8. The lowest BCUT2D eigenvalue weighted by molar-refractivity contribution is 0.0686. The molecule has 0 bridgehead atoms. The molecule has 5 aromatic rings. The second-order valence-corrected chi connectivity index (χ2v) is 8.18. The maximum absolute atomic E-state index is 11.7. The summed E-state index contributed by atoms with van der Waals surface area (Å²) < 4.78 is 0. The van der Waals surface area contributed by atoms with Gasteiger partial charge in [-0.2, -0.15) is 0 Å². The van der Waals surface area contributed by atoms with Crippen molar-refractivity contribution >= 4 is 23.3 Å². The number of carboxylic acid groups (broad SMARTS) is 2. The topological polar surface area (TPSA) is 159 Å². The molecule has 0 spiro atoms. The number of carboxylic acids is 2. The SMILES string of the molecule is O=C(O)c1ccccc1.O=C(O)c1ccccc1.O=c1c(NCc2cccnc2)c(NCc2cccnc2)c1=O. The molecule has 4 N–H and O–H groups in total. The van der Waals surface area contributed by atoms with E-state index in [0.29, 0.717) is 35.6 Å². The van der Waals surface area contributed by atoms with Gasteiger partial charge >= 0.3 is 11.9 Å². The minimum Gasteiger partial charge on any atom is -0.478 e. The van der Waals surface area contributed by atoms with Gasteiger partial charge < -0.3 is 20.8 Å². The molecule has 202 valence electrons. The summed E-state index contributed by atoms with van der Waals surface area (Å²) in [5.41, 5.74) is 2.23. The Balaban J connectivity index is 0.000000201. The van der Waals surface area contributed by atoms with Gasteiger partial charge in [-0.15, -0.1) is 0 Å². The van der Waals surface area contributed by atoms with Crippen LogP contribution in [0.2, 0.25) is 0 Å². The average molecular weight is 539 g/mol. The molecule has 3 aromatic carbocycles. The molecule has 0 saturated carbocycles. The third-order valence-corrected chi connectivity index (χ3v) is 5.34. The van der Waals surface area contributed by atoms with Crippen molar-refractivity contribution in [2.24, 2.45) is 0 Å². The molecule has 0 fully saturated rings. The van der Waals surface area contributed by atoms with Gasteiger partial charge in [-0.25, -0.2) is 9.59 Å². The summed E-state index contributed by atoms with van der Waals surface area (Å²) in [6.07, 6.45) is 6.78. The lowest BCUT2D eigenvalue weighted by Crippen LogP contribution is -2.37. The predicted molar refractivity (Wildman–Crippen MR) is 151 cm³/mol. The molecule has 0 aliphatic carbocycles. The largest absolute Gasteiger partial charge is 0.478 e. The van der Waals surface area contributed by atoms with Crippen molar-refractivity contribution in [3.8, 4) is 0 Å². The molecule has 2 heterocycles. The molecule has 0 aliphatic rings. The van der Waals surface area contributed by atoms with Gasteiger partial charge in [-0.3, -0.25) is 19.6 Å². The number of aromatic carboxylic acids is 2. The molecule has 0 amide bonds. The second-order valence-electron chi connectivity index (χ2n) is 8.18. The quantitative estimate of drug-likeness (QED) is 0.212. The molecular formula is C30H26N4O6. The van der Waals surface area contributed by atoms with Crippen LogP contribution in [0.5, 0.6) is 0 Å². The van der Waals surface area contributed by atoms with Crippen molar-refractivity contribution < 1.29 is 19.8 Å². The Morgan fingerprint density at radius 1 is 0.575 bits per heavy atom. The van der Waals surface area contributed by atoms with E-state index in [-0.39, 0.29) is 0 Å². The zero-order chi connectivity index (χ0) is 28.7. The number of nitrogens with zero attached hydrogens (tertiary/aromatic N) is 2. The molecule has 2 aromatic heterocycles. The lowest BCUT2D eigenvalue weighted by atomic mass is 10.1. The Morgan fingerprint density at radius 3 is 1.23 bits per heavy atom. The number of anilines is 2. The van der Waals surface area contributed by atoms with Gasteiger partial charge in [0.1, 0.15) is 11.4 Å². The Labute approximate surface area is 229 Å². The van der Waals surface area contributed by atoms with Crippen molar-refractivity contribution in [1.82, 2.24) is 9.97 Å². The number of aromatic nitrogens is 2. The van der Waals surface area contributed by atoms with E-state index in [4.69, 9.17) is 10.2 Å². The number of carbonyl (C=O) groups is 2. The normalized spacial score (nSPS) is 9.80. The van der Waals surface area contributed by atoms with Crippen LogP contribution in [0.1, 0.15) is 31.8 Å². The van der Waals surface area contributed by atoms with Crippen LogP contribution in [0.15, 0.2) is 119 Å². The zero-order valence-corrected chi connectivity index (χ0v) is 21.2. The zero-order valence-electron chi connectivity index (χ0n) is 21.2. The highest BCUT2D eigenvalue weighted by molar-refractivity contribution is 5.87. The van der Waals surface area contributed by atoms with Gasteiger partial charge in [-0.05, 0) is 47.5 Å². The smallest absolute Gasteiger partial charge is 0.335 e. The van der Waals surface area contributed by atoms with E-state index in [1.165, 1.54) is 0 Å². The van der Waals surface area contributed by atoms with Crippen LogP contribution in [0, 0.1) is 0 Å². The lowest BCUT2D eigenvalue weighted by Gasteiger charge is -2.14. The first-order valence-electron chi connectivity index (χ1n) is 12.0. The van der Waals surface area contributed by atoms with Crippen LogP contribution in [0.25, 0.3) is 0 Å². The first kappa shape index (κ1) is 28.9. The minimum absolute atomic E-state index is 0.331. The molecule has 0 radical (unpaired) electrons. The molecule has 0 aliphatic heterocycles. The van der Waals surface area contributed by atoms with Crippen LogP contribution >= 0.6 is 0 Å². The van der Waals surface area contributed by atoms with Crippen LogP contribution in [-0.2, 0) is 13.1 Å². The van der Waals surface area contributed by atoms with Crippen LogP contribution in [-0.4, -0.2) is 32.1 Å². The molecule has 40 heavy (non-hydrogen) atoms. The maximum Gasteiger partial charge on any atom is 0.335 e. The third-order valence-electron chi connectivity index (χ3n) is 5.34. The number of nitrogens with one attached hydrogen (secondary N) is 2. The molecule has 5 rings (SSSR count). The highest BCUT2D eigenvalue weighted by atomic mass is 16.4. The number of benzene rings is 2. The van der Waals surface area contributed by atoms with Crippen molar-refractivity contribution in [2.75, 3.05) is 10.6 Å². The average Bonchev–Trinajstić information content (AvgIpc) is 3.01. The standard InChI is InChI=1S/C16H14N4O2.2C7H6O2/c21-15-13(19-9-11-3-1-5-17-7-11)14(16(15)22)20-10-12-4-2-6-18-8-12;2*8-7(9)6-4-2-1-3-5-6/h1-8,19-20H,9-10H2;2*1-5H,(H,8,9). The molecule has 0 unspecified atom stereocenters. The van der Waals surface area contributed by atoms with Gasteiger partial charge in [0, 0.05) is 37.9 Å². The number of rotatable bonds is 8. The predicted octanol–water partition coefficient (Wildman–Crippen LogP) is 4.07. The summed E-state index contributed by atoms with van der Waals surface area (Å²) in [6, 6.07) is 24.0. The maximum atomic E-state index is 11.7. The van der Waals surface area contributed by atoms with Crippen molar-refractivity contribution in [3.63, 3.8) is 0 Å². The number of hydrogen-bond acceptors (Lipinski definition) is 8. The van der Waals surface area contributed by atoms with Crippen LogP contribution in [0.3, 0.4) is 0 Å². The highest BCUT2D eigenvalue weighted by Gasteiger charge is 2.20. The van der Waals surface area contributed by atoms with Crippen molar-refractivity contribution in [2.45, 2.75) is 13.1 Å². The fourth-order valence-corrected chi connectivity index (χ4v) is 3.28. The van der Waals surface area contributed by atoms with E-state index >= 15 is 0 Å². The molecule has 10 heteroatoms. The van der Waals surface area contributed by atoms with Crippen LogP contribution < -0.4 is 21.5 Å². The van der Waals surface area contributed by atoms with Crippen molar-refractivity contribution in [1.29, 1.82) is 0 Å². The fraction of sp³-hybridized carbons (Fsp3) is 0.0667. The first-order chi connectivity index (χ1) is 19.4. The summed E-state index contributed by atoms with van der Waals surface area (Å²) in [4.78, 5) is 51.7.